The Labute approximate surface area is 354 Å². The average Bonchev–Trinajstić information content (AvgIpc) is 3.21. The fourth-order valence-corrected chi connectivity index (χ4v) is 6.62. The first-order valence-electron chi connectivity index (χ1n) is 22.9. The molecule has 0 aliphatic carbocycles. The highest BCUT2D eigenvalue weighted by atomic mass is 31.2. The predicted molar refractivity (Wildman–Crippen MR) is 243 cm³/mol. The van der Waals surface area contributed by atoms with Crippen molar-refractivity contribution in [3.63, 3.8) is 0 Å². The highest BCUT2D eigenvalue weighted by Gasteiger charge is 2.26. The van der Waals surface area contributed by atoms with Crippen molar-refractivity contribution in [1.29, 1.82) is 0 Å². The van der Waals surface area contributed by atoms with Crippen molar-refractivity contribution in [3.8, 4) is 0 Å². The smallest absolute Gasteiger partial charge is 0.462 e. The number of hydrogen-bond donors (Lipinski definition) is 2. The molecule has 0 radical (unpaired) electrons. The molecule has 0 aliphatic rings. The van der Waals surface area contributed by atoms with Gasteiger partial charge in [-0.2, -0.15) is 0 Å². The number of likely N-dealkylation sites (N-methyl/N-ethyl adjacent to an activating group) is 1. The van der Waals surface area contributed by atoms with Gasteiger partial charge >= 0.3 is 19.8 Å². The van der Waals surface area contributed by atoms with Crippen molar-refractivity contribution < 1.29 is 37.6 Å². The number of rotatable bonds is 42. The number of ether oxygens (including phenoxy) is 2. The summed E-state index contributed by atoms with van der Waals surface area (Å²) in [4.78, 5) is 35.1. The lowest BCUT2D eigenvalue weighted by atomic mass is 10.1. The summed E-state index contributed by atoms with van der Waals surface area (Å²) in [6, 6.07) is 0. The Morgan fingerprint density at radius 2 is 0.983 bits per heavy atom. The summed E-state index contributed by atoms with van der Waals surface area (Å²) in [6.07, 6.45) is 52.3. The van der Waals surface area contributed by atoms with E-state index in [0.29, 0.717) is 19.4 Å². The molecule has 2 N–H and O–H groups in total. The molecule has 2 unspecified atom stereocenters. The molecule has 334 valence electrons. The average molecular weight is 834 g/mol. The number of hydrogen-bond acceptors (Lipinski definition) is 8. The first-order chi connectivity index (χ1) is 28.3. The molecule has 10 heteroatoms. The molecule has 0 aliphatic heterocycles. The fraction of sp³-hybridized carbons (Fsp3) is 0.708. The van der Waals surface area contributed by atoms with E-state index in [-0.39, 0.29) is 26.1 Å². The van der Waals surface area contributed by atoms with Crippen LogP contribution in [0.4, 0.5) is 0 Å². The Hall–Kier alpha value is -2.55. The molecule has 0 saturated carbocycles. The zero-order valence-corrected chi connectivity index (χ0v) is 37.9. The minimum absolute atomic E-state index is 0.0266. The molecular weight excluding hydrogens is 750 g/mol. The monoisotopic (exact) mass is 834 g/mol. The number of carbonyl (C=O) groups excluding carboxylic acids is 2. The van der Waals surface area contributed by atoms with E-state index in [9.17, 15) is 19.0 Å². The van der Waals surface area contributed by atoms with Crippen LogP contribution in [0.2, 0.25) is 0 Å². The number of esters is 2. The summed E-state index contributed by atoms with van der Waals surface area (Å²) in [7, 11) is -2.67. The Bertz CT molecular complexity index is 1180. The Morgan fingerprint density at radius 1 is 0.552 bits per heavy atom. The zero-order valence-electron chi connectivity index (χ0n) is 37.0. The lowest BCUT2D eigenvalue weighted by Gasteiger charge is -2.20. The van der Waals surface area contributed by atoms with Crippen LogP contribution in [0.1, 0.15) is 181 Å². The van der Waals surface area contributed by atoms with Gasteiger partial charge in [0.15, 0.2) is 6.10 Å². The van der Waals surface area contributed by atoms with Crippen LogP contribution in [-0.4, -0.2) is 56.3 Å². The molecule has 0 spiro atoms. The van der Waals surface area contributed by atoms with Gasteiger partial charge in [0.2, 0.25) is 0 Å². The van der Waals surface area contributed by atoms with E-state index < -0.39 is 32.5 Å². The van der Waals surface area contributed by atoms with Gasteiger partial charge in [-0.05, 0) is 90.5 Å². The van der Waals surface area contributed by atoms with Crippen molar-refractivity contribution in [2.24, 2.45) is 0 Å². The van der Waals surface area contributed by atoms with Crippen LogP contribution < -0.4 is 5.32 Å². The highest BCUT2D eigenvalue weighted by Crippen LogP contribution is 2.43. The van der Waals surface area contributed by atoms with Crippen molar-refractivity contribution in [2.75, 3.05) is 33.4 Å². The Kier molecular flexibility index (Phi) is 42.1. The number of allylic oxidation sites excluding steroid dienone is 12. The van der Waals surface area contributed by atoms with Gasteiger partial charge in [0.05, 0.1) is 13.2 Å². The first kappa shape index (κ1) is 55.5. The maximum atomic E-state index is 12.6. The molecule has 0 rings (SSSR count). The largest absolute Gasteiger partial charge is 0.472 e. The minimum atomic E-state index is -4.36. The lowest BCUT2D eigenvalue weighted by Crippen LogP contribution is -2.29. The summed E-state index contributed by atoms with van der Waals surface area (Å²) in [5.74, 6) is -0.853. The minimum Gasteiger partial charge on any atom is -0.462 e. The Balaban J connectivity index is 4.27. The summed E-state index contributed by atoms with van der Waals surface area (Å²) < 4.78 is 33.2. The van der Waals surface area contributed by atoms with Crippen molar-refractivity contribution in [3.05, 3.63) is 72.9 Å². The zero-order chi connectivity index (χ0) is 42.5. The number of phosphoric ester groups is 1. The van der Waals surface area contributed by atoms with Gasteiger partial charge in [-0.15, -0.1) is 0 Å². The normalized spacial score (nSPS) is 13.9. The predicted octanol–water partition coefficient (Wildman–Crippen LogP) is 13.3. The van der Waals surface area contributed by atoms with Gasteiger partial charge in [-0.1, -0.05) is 157 Å². The van der Waals surface area contributed by atoms with Crippen LogP contribution in [0.3, 0.4) is 0 Å². The second-order valence-electron chi connectivity index (χ2n) is 14.8. The van der Waals surface area contributed by atoms with E-state index in [1.807, 2.05) is 0 Å². The molecule has 0 bridgehead atoms. The van der Waals surface area contributed by atoms with Crippen LogP contribution in [0, 0.1) is 0 Å². The van der Waals surface area contributed by atoms with Crippen LogP contribution in [-0.2, 0) is 32.7 Å². The van der Waals surface area contributed by atoms with Gasteiger partial charge in [0.1, 0.15) is 6.61 Å². The van der Waals surface area contributed by atoms with Gasteiger partial charge in [-0.25, -0.2) is 4.57 Å². The maximum Gasteiger partial charge on any atom is 0.472 e. The second kappa shape index (κ2) is 44.0. The fourth-order valence-electron chi connectivity index (χ4n) is 5.87. The molecule has 2 atom stereocenters. The SMILES string of the molecule is CC/C=C\C/C=C\C/C=C\C/C=C\C/C=C\CCCCCC(=O)OCC(COP(=O)(O)OCCNC)OC(=O)CCCCCCCCC/C=C\CCCCCCCC. The molecule has 58 heavy (non-hydrogen) atoms. The number of unbranched alkanes of at least 4 members (excludes halogenated alkanes) is 16. The number of phosphoric acid groups is 1. The van der Waals surface area contributed by atoms with Crippen LogP contribution in [0.25, 0.3) is 0 Å². The molecule has 0 amide bonds. The molecule has 0 aromatic carbocycles. The van der Waals surface area contributed by atoms with Crippen molar-refractivity contribution in [1.82, 2.24) is 5.32 Å². The quantitative estimate of drug-likeness (QED) is 0.0268. The molecule has 0 saturated heterocycles. The molecular formula is C48H84NO8P. The number of carbonyl (C=O) groups is 2. The van der Waals surface area contributed by atoms with Crippen LogP contribution in [0.15, 0.2) is 72.9 Å². The van der Waals surface area contributed by atoms with Gasteiger partial charge in [0, 0.05) is 19.4 Å². The van der Waals surface area contributed by atoms with E-state index in [4.69, 9.17) is 18.5 Å². The number of nitrogens with one attached hydrogen (secondary N) is 1. The summed E-state index contributed by atoms with van der Waals surface area (Å²) in [6.45, 7) is 4.06. The third-order valence-corrected chi connectivity index (χ3v) is 10.3. The highest BCUT2D eigenvalue weighted by molar-refractivity contribution is 7.47. The first-order valence-corrected chi connectivity index (χ1v) is 24.4. The Morgan fingerprint density at radius 3 is 1.50 bits per heavy atom. The molecule has 0 heterocycles. The van der Waals surface area contributed by atoms with E-state index in [0.717, 1.165) is 77.0 Å². The summed E-state index contributed by atoms with van der Waals surface area (Å²) in [5.41, 5.74) is 0. The van der Waals surface area contributed by atoms with E-state index >= 15 is 0 Å². The van der Waals surface area contributed by atoms with Gasteiger partial charge < -0.3 is 19.7 Å². The standard InChI is InChI=1S/C48H84NO8P/c1-4-6-8-10-12-14-16-18-20-22-23-25-26-28-30-32-34-36-38-40-47(50)54-44-46(45-56-58(52,53)55-43-42-49-3)57-48(51)41-39-37-35-33-31-29-27-24-21-19-17-15-13-11-9-7-5-2/h6,8,12,14,18-21,23,25,28,30,46,49H,4-5,7,9-11,13,15-17,22,24,26-27,29,31-45H2,1-3H3,(H,52,53)/b8-6-,14-12-,20-18-,21-19-,25-23-,30-28-. The summed E-state index contributed by atoms with van der Waals surface area (Å²) in [5, 5.41) is 2.82. The molecule has 0 aromatic rings. The molecule has 0 aromatic heterocycles. The maximum absolute atomic E-state index is 12.6. The van der Waals surface area contributed by atoms with E-state index in [1.54, 1.807) is 7.05 Å². The molecule has 0 fully saturated rings. The third-order valence-electron chi connectivity index (χ3n) is 9.31. The van der Waals surface area contributed by atoms with Crippen molar-refractivity contribution in [2.45, 2.75) is 187 Å². The van der Waals surface area contributed by atoms with Crippen molar-refractivity contribution >= 4 is 19.8 Å². The van der Waals surface area contributed by atoms with Gasteiger partial charge in [0.25, 0.3) is 0 Å². The summed E-state index contributed by atoms with van der Waals surface area (Å²) >= 11 is 0. The lowest BCUT2D eigenvalue weighted by molar-refractivity contribution is -0.161. The molecule has 9 nitrogen and oxygen atoms in total. The third kappa shape index (κ3) is 43.0. The van der Waals surface area contributed by atoms with Crippen LogP contribution >= 0.6 is 7.82 Å². The van der Waals surface area contributed by atoms with Gasteiger partial charge in [-0.3, -0.25) is 18.6 Å². The van der Waals surface area contributed by atoms with E-state index in [1.165, 1.54) is 64.2 Å². The second-order valence-corrected chi connectivity index (χ2v) is 16.3. The van der Waals surface area contributed by atoms with E-state index in [2.05, 4.69) is 92.1 Å². The van der Waals surface area contributed by atoms with Crippen LogP contribution in [0.5, 0.6) is 0 Å². The topological polar surface area (TPSA) is 120 Å².